The summed E-state index contributed by atoms with van der Waals surface area (Å²) in [7, 11) is 0. The average Bonchev–Trinajstić information content (AvgIpc) is 3.15. The zero-order valence-electron chi connectivity index (χ0n) is 13.7. The molecular weight excluding hydrogens is 318 g/mol. The van der Waals surface area contributed by atoms with Gasteiger partial charge < -0.3 is 10.0 Å². The molecule has 0 bridgehead atoms. The van der Waals surface area contributed by atoms with E-state index in [0.29, 0.717) is 5.92 Å². The van der Waals surface area contributed by atoms with Gasteiger partial charge in [0.15, 0.2) is 5.82 Å². The van der Waals surface area contributed by atoms with Gasteiger partial charge in [-0.1, -0.05) is 18.2 Å². The van der Waals surface area contributed by atoms with E-state index in [9.17, 15) is 5.11 Å². The lowest BCUT2D eigenvalue weighted by Gasteiger charge is -2.35. The van der Waals surface area contributed by atoms with E-state index in [4.69, 9.17) is 9.97 Å². The third-order valence-corrected chi connectivity index (χ3v) is 5.63. The minimum Gasteiger partial charge on any atom is -0.393 e. The zero-order chi connectivity index (χ0) is 16.5. The monoisotopic (exact) mass is 339 g/mol. The fourth-order valence-corrected chi connectivity index (χ4v) is 4.07. The smallest absolute Gasteiger partial charge is 0.172 e. The molecule has 0 spiro atoms. The van der Waals surface area contributed by atoms with Crippen LogP contribution < -0.4 is 4.90 Å². The highest BCUT2D eigenvalue weighted by Gasteiger charge is 2.26. The highest BCUT2D eigenvalue weighted by atomic mass is 32.1. The Balaban J connectivity index is 1.81. The van der Waals surface area contributed by atoms with Gasteiger partial charge in [0.2, 0.25) is 0 Å². The number of benzene rings is 1. The van der Waals surface area contributed by atoms with E-state index in [2.05, 4.69) is 22.4 Å². The number of aromatic nitrogens is 2. The Labute approximate surface area is 145 Å². The Bertz CT molecular complexity index is 832. The Kier molecular flexibility index (Phi) is 4.21. The summed E-state index contributed by atoms with van der Waals surface area (Å²) in [5.74, 6) is 2.09. The largest absolute Gasteiger partial charge is 0.393 e. The lowest BCUT2D eigenvalue weighted by Crippen LogP contribution is -2.40. The molecule has 4 nitrogen and oxygen atoms in total. The molecule has 0 radical (unpaired) electrons. The van der Waals surface area contributed by atoms with Crippen LogP contribution in [0, 0.1) is 5.92 Å². The van der Waals surface area contributed by atoms with Crippen molar-refractivity contribution in [2.24, 2.45) is 5.92 Å². The molecule has 4 rings (SSSR count). The second-order valence-corrected chi connectivity index (χ2v) is 7.40. The molecule has 124 valence electrons. The molecule has 2 atom stereocenters. The molecule has 0 saturated carbocycles. The number of piperidine rings is 1. The molecule has 1 aliphatic heterocycles. The topological polar surface area (TPSA) is 49.2 Å². The van der Waals surface area contributed by atoms with Crippen LogP contribution >= 0.6 is 11.3 Å². The summed E-state index contributed by atoms with van der Waals surface area (Å²) < 4.78 is 0. The standard InChI is InChI=1S/C19H21N3OS/c1-13(23)14-6-4-10-22(12-14)19-15-7-2-3-8-16(15)20-18(21-19)17-9-5-11-24-17/h2-3,5,7-9,11,13-14,23H,4,6,10,12H2,1H3. The molecule has 1 saturated heterocycles. The van der Waals surface area contributed by atoms with Crippen molar-refractivity contribution in [2.75, 3.05) is 18.0 Å². The number of anilines is 1. The maximum atomic E-state index is 10.0. The van der Waals surface area contributed by atoms with Crippen LogP contribution in [-0.4, -0.2) is 34.3 Å². The SMILES string of the molecule is CC(O)C1CCCN(c2nc(-c3cccs3)nc3ccccc23)C1. The summed E-state index contributed by atoms with van der Waals surface area (Å²) in [6, 6.07) is 12.3. The summed E-state index contributed by atoms with van der Waals surface area (Å²) in [4.78, 5) is 13.1. The third kappa shape index (κ3) is 2.89. The first-order valence-electron chi connectivity index (χ1n) is 8.46. The third-order valence-electron chi connectivity index (χ3n) is 4.76. The molecule has 1 fully saturated rings. The molecule has 3 aromatic rings. The van der Waals surface area contributed by atoms with Crippen molar-refractivity contribution in [3.8, 4) is 10.7 Å². The molecule has 2 aromatic heterocycles. The molecule has 0 amide bonds. The van der Waals surface area contributed by atoms with E-state index in [1.807, 2.05) is 31.2 Å². The molecule has 1 N–H and O–H groups in total. The highest BCUT2D eigenvalue weighted by Crippen LogP contribution is 2.32. The number of nitrogens with zero attached hydrogens (tertiary/aromatic N) is 3. The van der Waals surface area contributed by atoms with Crippen LogP contribution in [0.3, 0.4) is 0 Å². The van der Waals surface area contributed by atoms with Gasteiger partial charge in [-0.3, -0.25) is 0 Å². The molecule has 5 heteroatoms. The van der Waals surface area contributed by atoms with Crippen LogP contribution in [-0.2, 0) is 0 Å². The van der Waals surface area contributed by atoms with Crippen LogP contribution in [0.5, 0.6) is 0 Å². The quantitative estimate of drug-likeness (QED) is 0.785. The lowest BCUT2D eigenvalue weighted by molar-refractivity contribution is 0.115. The van der Waals surface area contributed by atoms with Gasteiger partial charge >= 0.3 is 0 Å². The first-order chi connectivity index (χ1) is 11.7. The Morgan fingerprint density at radius 2 is 2.08 bits per heavy atom. The second kappa shape index (κ2) is 6.49. The van der Waals surface area contributed by atoms with Gasteiger partial charge in [-0.25, -0.2) is 9.97 Å². The molecule has 0 aliphatic carbocycles. The van der Waals surface area contributed by atoms with Gasteiger partial charge in [0.25, 0.3) is 0 Å². The van der Waals surface area contributed by atoms with E-state index in [-0.39, 0.29) is 6.10 Å². The fraction of sp³-hybridized carbons (Fsp3) is 0.368. The molecule has 1 aliphatic rings. The number of para-hydroxylation sites is 1. The summed E-state index contributed by atoms with van der Waals surface area (Å²) in [5.41, 5.74) is 0.977. The van der Waals surface area contributed by atoms with Crippen molar-refractivity contribution in [2.45, 2.75) is 25.9 Å². The predicted octanol–water partition coefficient (Wildman–Crippen LogP) is 3.96. The van der Waals surface area contributed by atoms with Crippen molar-refractivity contribution >= 4 is 28.1 Å². The fourth-order valence-electron chi connectivity index (χ4n) is 3.41. The van der Waals surface area contributed by atoms with Crippen molar-refractivity contribution in [3.05, 3.63) is 41.8 Å². The van der Waals surface area contributed by atoms with E-state index < -0.39 is 0 Å². The number of thiophene rings is 1. The van der Waals surface area contributed by atoms with Crippen LogP contribution in [0.15, 0.2) is 41.8 Å². The van der Waals surface area contributed by atoms with E-state index in [1.165, 1.54) is 0 Å². The number of hydrogen-bond acceptors (Lipinski definition) is 5. The van der Waals surface area contributed by atoms with Gasteiger partial charge in [-0.15, -0.1) is 11.3 Å². The Morgan fingerprint density at radius 1 is 1.21 bits per heavy atom. The maximum Gasteiger partial charge on any atom is 0.172 e. The van der Waals surface area contributed by atoms with E-state index in [0.717, 1.165) is 53.4 Å². The molecular formula is C19H21N3OS. The summed E-state index contributed by atoms with van der Waals surface area (Å²) >= 11 is 1.66. The number of fused-ring (bicyclic) bond motifs is 1. The van der Waals surface area contributed by atoms with Crippen LogP contribution in [0.2, 0.25) is 0 Å². The van der Waals surface area contributed by atoms with Gasteiger partial charge in [0, 0.05) is 24.4 Å². The normalized spacial score (nSPS) is 19.6. The van der Waals surface area contributed by atoms with Gasteiger partial charge in [0.05, 0.1) is 16.5 Å². The summed E-state index contributed by atoms with van der Waals surface area (Å²) in [6.45, 7) is 3.72. The summed E-state index contributed by atoms with van der Waals surface area (Å²) in [5, 5.41) is 13.1. The molecule has 1 aromatic carbocycles. The summed E-state index contributed by atoms with van der Waals surface area (Å²) in [6.07, 6.45) is 1.88. The average molecular weight is 339 g/mol. The first-order valence-corrected chi connectivity index (χ1v) is 9.34. The van der Waals surface area contributed by atoms with E-state index >= 15 is 0 Å². The van der Waals surface area contributed by atoms with Crippen molar-refractivity contribution in [1.29, 1.82) is 0 Å². The van der Waals surface area contributed by atoms with Crippen LogP contribution in [0.25, 0.3) is 21.6 Å². The Hall–Kier alpha value is -1.98. The van der Waals surface area contributed by atoms with Crippen LogP contribution in [0.4, 0.5) is 5.82 Å². The minimum atomic E-state index is -0.280. The minimum absolute atomic E-state index is 0.280. The van der Waals surface area contributed by atoms with Crippen LogP contribution in [0.1, 0.15) is 19.8 Å². The van der Waals surface area contributed by atoms with Gasteiger partial charge in [-0.05, 0) is 43.3 Å². The Morgan fingerprint density at radius 3 is 2.88 bits per heavy atom. The number of rotatable bonds is 3. The number of hydrogen-bond donors (Lipinski definition) is 1. The van der Waals surface area contributed by atoms with E-state index in [1.54, 1.807) is 11.3 Å². The predicted molar refractivity (Wildman–Crippen MR) is 99.5 cm³/mol. The lowest BCUT2D eigenvalue weighted by atomic mass is 9.93. The molecule has 2 unspecified atom stereocenters. The van der Waals surface area contributed by atoms with Crippen molar-refractivity contribution in [1.82, 2.24) is 9.97 Å². The molecule has 24 heavy (non-hydrogen) atoms. The highest BCUT2D eigenvalue weighted by molar-refractivity contribution is 7.13. The zero-order valence-corrected chi connectivity index (χ0v) is 14.5. The van der Waals surface area contributed by atoms with Gasteiger partial charge in [0.1, 0.15) is 5.82 Å². The van der Waals surface area contributed by atoms with Crippen molar-refractivity contribution < 1.29 is 5.11 Å². The maximum absolute atomic E-state index is 10.0. The first kappa shape index (κ1) is 15.5. The second-order valence-electron chi connectivity index (χ2n) is 6.45. The number of aliphatic hydroxyl groups excluding tert-OH is 1. The molecule has 3 heterocycles. The van der Waals surface area contributed by atoms with Crippen molar-refractivity contribution in [3.63, 3.8) is 0 Å². The van der Waals surface area contributed by atoms with Gasteiger partial charge in [-0.2, -0.15) is 0 Å². The number of aliphatic hydroxyl groups is 1.